The van der Waals surface area contributed by atoms with E-state index in [1.165, 1.54) is 22.8 Å². The maximum atomic E-state index is 13.8. The van der Waals surface area contributed by atoms with Crippen molar-refractivity contribution in [2.24, 2.45) is 14.1 Å². The molecule has 8 heteroatoms. The van der Waals surface area contributed by atoms with Crippen molar-refractivity contribution in [3.05, 3.63) is 118 Å². The zero-order valence-electron chi connectivity index (χ0n) is 18.5. The van der Waals surface area contributed by atoms with Crippen LogP contribution in [0.2, 0.25) is 5.02 Å². The lowest BCUT2D eigenvalue weighted by atomic mass is 9.99. The zero-order valence-corrected chi connectivity index (χ0v) is 20.0. The Labute approximate surface area is 206 Å². The summed E-state index contributed by atoms with van der Waals surface area (Å²) in [5.41, 5.74) is 3.17. The Morgan fingerprint density at radius 3 is 2.38 bits per heavy atom. The third kappa shape index (κ3) is 5.19. The van der Waals surface area contributed by atoms with E-state index in [1.54, 1.807) is 50.0 Å². The molecular weight excluding hydrogens is 474 g/mol. The predicted octanol–water partition coefficient (Wildman–Crippen LogP) is 6.14. The molecule has 1 unspecified atom stereocenters. The number of hydrogen-bond acceptors (Lipinski definition) is 3. The van der Waals surface area contributed by atoms with Crippen LogP contribution in [0.5, 0.6) is 0 Å². The Bertz CT molecular complexity index is 1480. The quantitative estimate of drug-likeness (QED) is 0.283. The molecule has 0 aliphatic carbocycles. The smallest absolute Gasteiger partial charge is 0.252 e. The second-order valence-electron chi connectivity index (χ2n) is 7.75. The maximum absolute atomic E-state index is 13.8. The molecule has 0 amide bonds. The molecule has 3 heterocycles. The highest BCUT2D eigenvalue weighted by molar-refractivity contribution is 6.30. The second kappa shape index (κ2) is 10.2. The predicted molar refractivity (Wildman–Crippen MR) is 135 cm³/mol. The number of pyridine rings is 2. The third-order valence-electron chi connectivity index (χ3n) is 5.32. The van der Waals surface area contributed by atoms with Gasteiger partial charge in [0.05, 0.1) is 11.7 Å². The van der Waals surface area contributed by atoms with Gasteiger partial charge in [0.1, 0.15) is 11.5 Å². The van der Waals surface area contributed by atoms with Gasteiger partial charge in [-0.05, 0) is 52.6 Å². The van der Waals surface area contributed by atoms with Gasteiger partial charge in [0.2, 0.25) is 0 Å². The zero-order chi connectivity index (χ0) is 24.2. The molecule has 1 atom stereocenters. The molecule has 5 nitrogen and oxygen atoms in total. The van der Waals surface area contributed by atoms with E-state index in [9.17, 15) is 9.18 Å². The van der Waals surface area contributed by atoms with Gasteiger partial charge in [-0.3, -0.25) is 9.36 Å². The first-order chi connectivity index (χ1) is 16.3. The number of hydrogen-bond donors (Lipinski definition) is 0. The summed E-state index contributed by atoms with van der Waals surface area (Å²) in [6, 6.07) is 16.8. The molecule has 0 saturated heterocycles. The number of fused-ring (bicyclic) bond motifs is 1. The van der Waals surface area contributed by atoms with Crippen LogP contribution >= 0.6 is 23.2 Å². The summed E-state index contributed by atoms with van der Waals surface area (Å²) < 4.78 is 17.1. The van der Waals surface area contributed by atoms with Crippen molar-refractivity contribution in [1.82, 2.24) is 19.1 Å². The van der Waals surface area contributed by atoms with E-state index in [1.807, 2.05) is 36.0 Å². The number of aryl methyl sites for hydroxylation is 2. The second-order valence-corrected chi connectivity index (χ2v) is 8.62. The summed E-state index contributed by atoms with van der Waals surface area (Å²) in [5.74, 6) is -0.369. The van der Waals surface area contributed by atoms with Gasteiger partial charge in [0.25, 0.3) is 5.56 Å². The number of imidazole rings is 1. The minimum atomic E-state index is -0.438. The minimum absolute atomic E-state index is 0.216. The van der Waals surface area contributed by atoms with E-state index < -0.39 is 5.38 Å². The van der Waals surface area contributed by atoms with Gasteiger partial charge in [-0.25, -0.2) is 14.4 Å². The standard InChI is InChI=1S/C22H15Cl2FN2O.C4H6N2/c1-27-20(28)11-18(14-3-2-4-17(25)9-14)19-10-15(12-26-22(19)27)21(24)13-5-7-16(23)8-6-13;1-6-3-2-5-4-6/h2-12,21H,1H3;2-4H,1H3. The summed E-state index contributed by atoms with van der Waals surface area (Å²) in [7, 11) is 3.59. The van der Waals surface area contributed by atoms with Crippen LogP contribution in [0.25, 0.3) is 22.2 Å². The number of halogens is 3. The molecule has 34 heavy (non-hydrogen) atoms. The summed E-state index contributed by atoms with van der Waals surface area (Å²) in [4.78, 5) is 20.6. The lowest BCUT2D eigenvalue weighted by Gasteiger charge is -2.14. The Kier molecular flexibility index (Phi) is 7.10. The number of benzene rings is 2. The van der Waals surface area contributed by atoms with E-state index in [2.05, 4.69) is 9.97 Å². The van der Waals surface area contributed by atoms with E-state index in [4.69, 9.17) is 23.2 Å². The fourth-order valence-corrected chi connectivity index (χ4v) is 3.92. The molecule has 3 aromatic heterocycles. The summed E-state index contributed by atoms with van der Waals surface area (Å²) >= 11 is 12.6. The fourth-order valence-electron chi connectivity index (χ4n) is 3.53. The molecule has 0 fully saturated rings. The van der Waals surface area contributed by atoms with Crippen LogP contribution in [0, 0.1) is 5.82 Å². The average molecular weight is 495 g/mol. The largest absolute Gasteiger partial charge is 0.341 e. The summed E-state index contributed by atoms with van der Waals surface area (Å²) in [6.07, 6.45) is 7.05. The molecule has 0 N–H and O–H groups in total. The molecule has 0 saturated carbocycles. The number of rotatable bonds is 3. The lowest BCUT2D eigenvalue weighted by molar-refractivity contribution is 0.628. The molecule has 172 valence electrons. The van der Waals surface area contributed by atoms with Gasteiger partial charge in [-0.1, -0.05) is 35.9 Å². The van der Waals surface area contributed by atoms with Gasteiger partial charge >= 0.3 is 0 Å². The van der Waals surface area contributed by atoms with Crippen molar-refractivity contribution in [3.63, 3.8) is 0 Å². The highest BCUT2D eigenvalue weighted by Crippen LogP contribution is 2.33. The Balaban J connectivity index is 0.000000398. The highest BCUT2D eigenvalue weighted by atomic mass is 35.5. The van der Waals surface area contributed by atoms with Crippen molar-refractivity contribution in [2.45, 2.75) is 5.38 Å². The molecule has 0 spiro atoms. The van der Waals surface area contributed by atoms with Crippen molar-refractivity contribution in [1.29, 1.82) is 0 Å². The first kappa shape index (κ1) is 23.7. The normalized spacial score (nSPS) is 11.7. The topological polar surface area (TPSA) is 52.7 Å². The molecule has 5 rings (SSSR count). The van der Waals surface area contributed by atoms with E-state index in [0.717, 1.165) is 16.5 Å². The molecule has 0 radical (unpaired) electrons. The molecule has 2 aromatic carbocycles. The Morgan fingerprint density at radius 2 is 1.76 bits per heavy atom. The fraction of sp³-hybridized carbons (Fsp3) is 0.115. The van der Waals surface area contributed by atoms with Gasteiger partial charge < -0.3 is 4.57 Å². The molecule has 5 aromatic rings. The molecule has 0 bridgehead atoms. The van der Waals surface area contributed by atoms with Gasteiger partial charge in [0, 0.05) is 49.2 Å². The van der Waals surface area contributed by atoms with E-state index in [-0.39, 0.29) is 11.4 Å². The van der Waals surface area contributed by atoms with Crippen LogP contribution in [-0.2, 0) is 14.1 Å². The van der Waals surface area contributed by atoms with Crippen molar-refractivity contribution in [3.8, 4) is 11.1 Å². The average Bonchev–Trinajstić information content (AvgIpc) is 3.32. The van der Waals surface area contributed by atoms with Crippen LogP contribution < -0.4 is 5.56 Å². The molecule has 0 aliphatic rings. The van der Waals surface area contributed by atoms with Gasteiger partial charge in [-0.2, -0.15) is 0 Å². The third-order valence-corrected chi connectivity index (χ3v) is 6.08. The van der Waals surface area contributed by atoms with Crippen molar-refractivity contribution in [2.75, 3.05) is 0 Å². The maximum Gasteiger partial charge on any atom is 0.252 e. The van der Waals surface area contributed by atoms with E-state index >= 15 is 0 Å². The van der Waals surface area contributed by atoms with Crippen LogP contribution in [0.1, 0.15) is 16.5 Å². The van der Waals surface area contributed by atoms with Crippen LogP contribution in [0.4, 0.5) is 4.39 Å². The first-order valence-corrected chi connectivity index (χ1v) is 11.2. The Morgan fingerprint density at radius 1 is 1.00 bits per heavy atom. The molecule has 0 aliphatic heterocycles. The first-order valence-electron chi connectivity index (χ1n) is 10.4. The lowest BCUT2D eigenvalue weighted by Crippen LogP contribution is -2.17. The SMILES string of the molecule is Cn1c(=O)cc(-c2cccc(F)c2)c2cc(C(Cl)c3ccc(Cl)cc3)cnc21.Cn1ccnc1. The summed E-state index contributed by atoms with van der Waals surface area (Å²) in [5, 5.41) is 0.921. The number of alkyl halides is 1. The highest BCUT2D eigenvalue weighted by Gasteiger charge is 2.16. The monoisotopic (exact) mass is 494 g/mol. The van der Waals surface area contributed by atoms with Gasteiger partial charge in [-0.15, -0.1) is 11.6 Å². The van der Waals surface area contributed by atoms with Crippen LogP contribution in [0.3, 0.4) is 0 Å². The number of aromatic nitrogens is 4. The Hall–Kier alpha value is -3.48. The van der Waals surface area contributed by atoms with Gasteiger partial charge in [0.15, 0.2) is 0 Å². The summed E-state index contributed by atoms with van der Waals surface area (Å²) in [6.45, 7) is 0. The van der Waals surface area contributed by atoms with Crippen molar-refractivity contribution >= 4 is 34.2 Å². The minimum Gasteiger partial charge on any atom is -0.341 e. The number of nitrogens with zero attached hydrogens (tertiary/aromatic N) is 4. The van der Waals surface area contributed by atoms with Crippen LogP contribution in [0.15, 0.2) is 90.4 Å². The van der Waals surface area contributed by atoms with Crippen LogP contribution in [-0.4, -0.2) is 19.1 Å². The van der Waals surface area contributed by atoms with Crippen molar-refractivity contribution < 1.29 is 4.39 Å². The van der Waals surface area contributed by atoms with E-state index in [0.29, 0.717) is 21.8 Å². The molecular formula is C26H21Cl2FN4O.